The molecule has 0 spiro atoms. The van der Waals surface area contributed by atoms with E-state index in [0.717, 1.165) is 44.1 Å². The Hall–Kier alpha value is -0.830. The average molecular weight is 431 g/mol. The molecule has 2 heterocycles. The molecule has 26 heavy (non-hydrogen) atoms. The molecule has 3 N–H and O–H groups in total. The van der Waals surface area contributed by atoms with Gasteiger partial charge in [0.1, 0.15) is 11.9 Å². The number of nitrogens with one attached hydrogen (secondary N) is 1. The summed E-state index contributed by atoms with van der Waals surface area (Å²) in [5, 5.41) is 2.79. The molecule has 0 aromatic carbocycles. The molecule has 1 amide bonds. The molecular weight excluding hydrogens is 401 g/mol. The zero-order chi connectivity index (χ0) is 16.7. The van der Waals surface area contributed by atoms with Crippen LogP contribution in [0.3, 0.4) is 0 Å². The number of rotatable bonds is 7. The van der Waals surface area contributed by atoms with Gasteiger partial charge in [0.05, 0.1) is 6.61 Å². The highest BCUT2D eigenvalue weighted by atomic mass is 35.5. The maximum absolute atomic E-state index is 11.7. The Labute approximate surface area is 174 Å². The molecule has 2 rings (SSSR count). The van der Waals surface area contributed by atoms with Crippen LogP contribution in [-0.2, 0) is 16.1 Å². The van der Waals surface area contributed by atoms with Gasteiger partial charge in [0, 0.05) is 46.0 Å². The van der Waals surface area contributed by atoms with Gasteiger partial charge in [-0.05, 0) is 18.2 Å². The fraction of sp³-hybridized carbons (Fsp3) is 0.625. The zero-order valence-electron chi connectivity index (χ0n) is 15.2. The van der Waals surface area contributed by atoms with Crippen LogP contribution in [0, 0.1) is 0 Å². The Kier molecular flexibility index (Phi) is 15.0. The summed E-state index contributed by atoms with van der Waals surface area (Å²) in [7, 11) is 1.52. The van der Waals surface area contributed by atoms with Crippen LogP contribution < -0.4 is 16.0 Å². The Morgan fingerprint density at radius 1 is 1.27 bits per heavy atom. The molecule has 7 nitrogen and oxygen atoms in total. The number of carbonyl (C=O) groups excluding carboxylic acids is 1. The number of nitrogens with two attached hydrogens (primary N) is 1. The topological polar surface area (TPSA) is 83.7 Å². The van der Waals surface area contributed by atoms with E-state index >= 15 is 0 Å². The van der Waals surface area contributed by atoms with Crippen molar-refractivity contribution in [3.05, 3.63) is 23.9 Å². The smallest absolute Gasteiger partial charge is 0.239 e. The standard InChI is InChI=1S/C16H27N5O2.3ClH/c1-3-20-6-8-21(9-7-20)15-5-4-13(10-18-15)11-19-16(22)14(17)12-23-2;;;/h4-5,10,14H,3,6-9,11-12,17H2,1-2H3,(H,19,22);3*1H. The first-order chi connectivity index (χ1) is 11.1. The minimum atomic E-state index is -0.637. The number of piperazine rings is 1. The molecule has 152 valence electrons. The SMILES string of the molecule is CCN1CCN(c2ccc(CNC(=O)C(N)COC)cn2)CC1.Cl.Cl.Cl. The molecule has 1 unspecified atom stereocenters. The Morgan fingerprint density at radius 2 is 1.92 bits per heavy atom. The number of likely N-dealkylation sites (N-methyl/N-ethyl adjacent to an activating group) is 1. The van der Waals surface area contributed by atoms with Crippen LogP contribution in [-0.4, -0.2) is 68.3 Å². The second-order valence-electron chi connectivity index (χ2n) is 5.73. The third-order valence-electron chi connectivity index (χ3n) is 4.10. The summed E-state index contributed by atoms with van der Waals surface area (Å²) < 4.78 is 4.87. The summed E-state index contributed by atoms with van der Waals surface area (Å²) in [5.74, 6) is 0.776. The lowest BCUT2D eigenvalue weighted by molar-refractivity contribution is -0.123. The lowest BCUT2D eigenvalue weighted by Crippen LogP contribution is -2.46. The summed E-state index contributed by atoms with van der Waals surface area (Å²) in [6.07, 6.45) is 1.81. The predicted molar refractivity (Wildman–Crippen MR) is 112 cm³/mol. The van der Waals surface area contributed by atoms with Gasteiger partial charge in [0.2, 0.25) is 5.91 Å². The highest BCUT2D eigenvalue weighted by Crippen LogP contribution is 2.14. The molecule has 1 atom stereocenters. The Balaban J connectivity index is 0. The van der Waals surface area contributed by atoms with Crippen LogP contribution in [0.15, 0.2) is 18.3 Å². The van der Waals surface area contributed by atoms with Crippen LogP contribution in [0.2, 0.25) is 0 Å². The van der Waals surface area contributed by atoms with Gasteiger partial charge in [-0.25, -0.2) is 4.98 Å². The van der Waals surface area contributed by atoms with Gasteiger partial charge in [-0.2, -0.15) is 0 Å². The molecule has 10 heteroatoms. The van der Waals surface area contributed by atoms with Gasteiger partial charge >= 0.3 is 0 Å². The van der Waals surface area contributed by atoms with Crippen LogP contribution >= 0.6 is 37.2 Å². The first-order valence-corrected chi connectivity index (χ1v) is 8.08. The summed E-state index contributed by atoms with van der Waals surface area (Å²) in [6.45, 7) is 8.09. The lowest BCUT2D eigenvalue weighted by atomic mass is 10.2. The maximum Gasteiger partial charge on any atom is 0.239 e. The van der Waals surface area contributed by atoms with Crippen molar-refractivity contribution < 1.29 is 9.53 Å². The van der Waals surface area contributed by atoms with Crippen molar-refractivity contribution in [2.45, 2.75) is 19.5 Å². The minimum Gasteiger partial charge on any atom is -0.383 e. The highest BCUT2D eigenvalue weighted by molar-refractivity contribution is 5.86. The summed E-state index contributed by atoms with van der Waals surface area (Å²) in [4.78, 5) is 21.0. The second kappa shape index (κ2) is 14.3. The molecule has 0 aliphatic carbocycles. The number of hydrogen-bond acceptors (Lipinski definition) is 6. The first-order valence-electron chi connectivity index (χ1n) is 8.08. The average Bonchev–Trinajstić information content (AvgIpc) is 2.60. The Bertz CT molecular complexity index is 499. The molecule has 1 saturated heterocycles. The van der Waals surface area contributed by atoms with Crippen molar-refractivity contribution in [1.82, 2.24) is 15.2 Å². The van der Waals surface area contributed by atoms with Crippen LogP contribution in [0.4, 0.5) is 5.82 Å². The predicted octanol–water partition coefficient (Wildman–Crippen LogP) is 1.08. The van der Waals surface area contributed by atoms with Gasteiger partial charge < -0.3 is 25.6 Å². The molecule has 1 aliphatic heterocycles. The number of amides is 1. The molecule has 0 radical (unpaired) electrons. The van der Waals surface area contributed by atoms with Crippen molar-refractivity contribution in [3.63, 3.8) is 0 Å². The third-order valence-corrected chi connectivity index (χ3v) is 4.10. The fourth-order valence-electron chi connectivity index (χ4n) is 2.58. The second-order valence-corrected chi connectivity index (χ2v) is 5.73. The number of anilines is 1. The number of ether oxygens (including phenoxy) is 1. The van der Waals surface area contributed by atoms with E-state index in [9.17, 15) is 4.79 Å². The number of nitrogens with zero attached hydrogens (tertiary/aromatic N) is 3. The van der Waals surface area contributed by atoms with E-state index in [0.29, 0.717) is 6.54 Å². The molecular formula is C16H30Cl3N5O2. The number of methoxy groups -OCH3 is 1. The monoisotopic (exact) mass is 429 g/mol. The number of pyridine rings is 1. The summed E-state index contributed by atoms with van der Waals surface area (Å²) in [6, 6.07) is 3.37. The fourth-order valence-corrected chi connectivity index (χ4v) is 2.58. The molecule has 0 bridgehead atoms. The summed E-state index contributed by atoms with van der Waals surface area (Å²) in [5.41, 5.74) is 6.63. The van der Waals surface area contributed by atoms with Crippen LogP contribution in [0.25, 0.3) is 0 Å². The van der Waals surface area contributed by atoms with E-state index < -0.39 is 6.04 Å². The van der Waals surface area contributed by atoms with E-state index in [1.807, 2.05) is 18.3 Å². The van der Waals surface area contributed by atoms with Gasteiger partial charge in [-0.1, -0.05) is 13.0 Å². The minimum absolute atomic E-state index is 0. The van der Waals surface area contributed by atoms with Crippen molar-refractivity contribution >= 4 is 48.9 Å². The third kappa shape index (κ3) is 8.24. The molecule has 1 aliphatic rings. The van der Waals surface area contributed by atoms with Gasteiger partial charge in [0.25, 0.3) is 0 Å². The number of aromatic nitrogens is 1. The lowest BCUT2D eigenvalue weighted by Gasteiger charge is -2.34. The Morgan fingerprint density at radius 3 is 2.42 bits per heavy atom. The van der Waals surface area contributed by atoms with Crippen molar-refractivity contribution in [2.75, 3.05) is 51.3 Å². The number of halogens is 3. The number of carbonyl (C=O) groups is 1. The highest BCUT2D eigenvalue weighted by Gasteiger charge is 2.17. The zero-order valence-corrected chi connectivity index (χ0v) is 17.7. The van der Waals surface area contributed by atoms with E-state index in [-0.39, 0.29) is 49.7 Å². The van der Waals surface area contributed by atoms with E-state index in [1.165, 1.54) is 7.11 Å². The quantitative estimate of drug-likeness (QED) is 0.673. The van der Waals surface area contributed by atoms with Crippen molar-refractivity contribution in [2.24, 2.45) is 5.73 Å². The normalized spacial score (nSPS) is 15.1. The van der Waals surface area contributed by atoms with Crippen LogP contribution in [0.1, 0.15) is 12.5 Å². The van der Waals surface area contributed by atoms with Crippen molar-refractivity contribution in [3.8, 4) is 0 Å². The van der Waals surface area contributed by atoms with Gasteiger partial charge in [-0.15, -0.1) is 37.2 Å². The molecule has 1 aromatic rings. The van der Waals surface area contributed by atoms with Crippen LogP contribution in [0.5, 0.6) is 0 Å². The first kappa shape index (κ1) is 27.4. The van der Waals surface area contributed by atoms with Gasteiger partial charge in [0.15, 0.2) is 0 Å². The van der Waals surface area contributed by atoms with E-state index in [2.05, 4.69) is 27.0 Å². The molecule has 1 fully saturated rings. The summed E-state index contributed by atoms with van der Waals surface area (Å²) >= 11 is 0. The van der Waals surface area contributed by atoms with E-state index in [1.54, 1.807) is 0 Å². The number of hydrogen-bond donors (Lipinski definition) is 2. The van der Waals surface area contributed by atoms with E-state index in [4.69, 9.17) is 10.5 Å². The van der Waals surface area contributed by atoms with Crippen molar-refractivity contribution in [1.29, 1.82) is 0 Å². The van der Waals surface area contributed by atoms with Gasteiger partial charge in [-0.3, -0.25) is 4.79 Å². The largest absolute Gasteiger partial charge is 0.383 e. The molecule has 1 aromatic heterocycles. The molecule has 0 saturated carbocycles. The maximum atomic E-state index is 11.7.